The number of aliphatic hydroxyl groups is 10. The van der Waals surface area contributed by atoms with Crippen molar-refractivity contribution in [1.82, 2.24) is 0 Å². The molecule has 0 aliphatic rings. The molecule has 0 heterocycles. The average molecular weight is 499 g/mol. The van der Waals surface area contributed by atoms with Crippen LogP contribution in [0, 0.1) is 0 Å². The van der Waals surface area contributed by atoms with E-state index in [1.807, 2.05) is 0 Å². The highest BCUT2D eigenvalue weighted by molar-refractivity contribution is 4.57. The Morgan fingerprint density at radius 3 is 0.636 bits per heavy atom. The van der Waals surface area contributed by atoms with E-state index in [0.29, 0.717) is 0 Å². The summed E-state index contributed by atoms with van der Waals surface area (Å²) < 4.78 is 19.5. The van der Waals surface area contributed by atoms with E-state index in [0.717, 1.165) is 0 Å². The minimum atomic E-state index is -0.954. The van der Waals surface area contributed by atoms with Crippen molar-refractivity contribution >= 4 is 0 Å². The van der Waals surface area contributed by atoms with Gasteiger partial charge in [-0.3, -0.25) is 0 Å². The van der Waals surface area contributed by atoms with Gasteiger partial charge in [0.25, 0.3) is 0 Å². The van der Waals surface area contributed by atoms with Gasteiger partial charge in [-0.2, -0.15) is 0 Å². The van der Waals surface area contributed by atoms with Gasteiger partial charge < -0.3 is 75.5 Å². The first kappa shape index (κ1) is 37.0. The predicted molar refractivity (Wildman–Crippen MR) is 111 cm³/mol. The maximum atomic E-state index is 9.28. The molecule has 12 N–H and O–H groups in total. The Bertz CT molecular complexity index is 313. The van der Waals surface area contributed by atoms with Crippen molar-refractivity contribution in [3.8, 4) is 0 Å². The van der Waals surface area contributed by atoms with Gasteiger partial charge in [-0.05, 0) is 0 Å². The maximum absolute atomic E-state index is 9.28. The minimum Gasteiger partial charge on any atom is -0.412 e. The summed E-state index contributed by atoms with van der Waals surface area (Å²) in [6, 6.07) is 0. The van der Waals surface area contributed by atoms with Gasteiger partial charge in [-0.1, -0.05) is 0 Å². The Hall–Kier alpha value is -0.600. The highest BCUT2D eigenvalue weighted by atomic mass is 16.5. The lowest BCUT2D eigenvalue weighted by atomic mass is 10.4. The van der Waals surface area contributed by atoms with Gasteiger partial charge >= 0.3 is 0 Å². The summed E-state index contributed by atoms with van der Waals surface area (Å²) in [5.41, 5.74) is 0. The number of hydrogen-bond acceptors (Lipinski definition) is 14. The van der Waals surface area contributed by atoms with E-state index in [-0.39, 0.29) is 58.3 Å². The van der Waals surface area contributed by atoms with E-state index >= 15 is 0 Å². The molecule has 0 aliphatic heterocycles. The molecule has 15 nitrogen and oxygen atoms in total. The molecule has 0 saturated heterocycles. The Labute approximate surface area is 192 Å². The van der Waals surface area contributed by atoms with Crippen molar-refractivity contribution in [3.05, 3.63) is 0 Å². The van der Waals surface area contributed by atoms with Crippen LogP contribution in [0.4, 0.5) is 0 Å². The molecular weight excluding hydrogens is 456 g/mol. The zero-order valence-corrected chi connectivity index (χ0v) is 18.6. The second-order valence-corrected chi connectivity index (χ2v) is 6.80. The normalized spacial score (nSPS) is 16.5. The molecule has 204 valence electrons. The SMILES string of the molecule is O.OCC(O)COCC(O)COCC(O)CO.OCC(O)COCC(O)COCC(O)CO. The van der Waals surface area contributed by atoms with Gasteiger partial charge in [0.2, 0.25) is 0 Å². The number of ether oxygens (including phenoxy) is 4. The smallest absolute Gasteiger partial charge is 0.101 e. The lowest BCUT2D eigenvalue weighted by molar-refractivity contribution is -0.0627. The molecule has 0 fully saturated rings. The van der Waals surface area contributed by atoms with E-state index < -0.39 is 63.1 Å². The van der Waals surface area contributed by atoms with Crippen LogP contribution in [-0.2, 0) is 18.9 Å². The van der Waals surface area contributed by atoms with Gasteiger partial charge in [-0.25, -0.2) is 0 Å². The van der Waals surface area contributed by atoms with E-state index in [4.69, 9.17) is 59.8 Å². The molecule has 4 atom stereocenters. The first-order valence-electron chi connectivity index (χ1n) is 10.0. The molecule has 0 aromatic heterocycles. The molecule has 0 aliphatic carbocycles. The van der Waals surface area contributed by atoms with Crippen LogP contribution < -0.4 is 0 Å². The minimum absolute atomic E-state index is 0. The fraction of sp³-hybridized carbons (Fsp3) is 1.00. The molecule has 0 bridgehead atoms. The highest BCUT2D eigenvalue weighted by Crippen LogP contribution is 1.93. The van der Waals surface area contributed by atoms with E-state index in [1.165, 1.54) is 0 Å². The first-order chi connectivity index (χ1) is 15.2. The van der Waals surface area contributed by atoms with Crippen molar-refractivity contribution in [1.29, 1.82) is 0 Å². The second kappa shape index (κ2) is 26.0. The lowest BCUT2D eigenvalue weighted by Crippen LogP contribution is -2.28. The Balaban J connectivity index is -0.000000529. The van der Waals surface area contributed by atoms with Gasteiger partial charge in [0, 0.05) is 0 Å². The van der Waals surface area contributed by atoms with Gasteiger partial charge in [0.1, 0.15) is 36.6 Å². The summed E-state index contributed by atoms with van der Waals surface area (Å²) in [7, 11) is 0. The maximum Gasteiger partial charge on any atom is 0.101 e. The number of aliphatic hydroxyl groups excluding tert-OH is 10. The van der Waals surface area contributed by atoms with Gasteiger partial charge in [-0.15, -0.1) is 0 Å². The Morgan fingerprint density at radius 1 is 0.333 bits per heavy atom. The van der Waals surface area contributed by atoms with Crippen molar-refractivity contribution in [2.24, 2.45) is 0 Å². The predicted octanol–water partition coefficient (Wildman–Crippen LogP) is -6.65. The fourth-order valence-corrected chi connectivity index (χ4v) is 1.67. The van der Waals surface area contributed by atoms with Crippen LogP contribution in [0.1, 0.15) is 0 Å². The van der Waals surface area contributed by atoms with Crippen molar-refractivity contribution in [2.75, 3.05) is 79.3 Å². The third-order valence-corrected chi connectivity index (χ3v) is 3.32. The van der Waals surface area contributed by atoms with Gasteiger partial charge in [0.15, 0.2) is 0 Å². The molecule has 0 rings (SSSR count). The molecule has 15 heteroatoms. The van der Waals surface area contributed by atoms with Crippen molar-refractivity contribution in [2.45, 2.75) is 36.6 Å². The van der Waals surface area contributed by atoms with Gasteiger partial charge in [0.05, 0.1) is 79.3 Å². The summed E-state index contributed by atoms with van der Waals surface area (Å²) in [5.74, 6) is 0. The van der Waals surface area contributed by atoms with Crippen LogP contribution in [0.15, 0.2) is 0 Å². The van der Waals surface area contributed by atoms with E-state index in [2.05, 4.69) is 0 Å². The highest BCUT2D eigenvalue weighted by Gasteiger charge is 2.10. The van der Waals surface area contributed by atoms with E-state index in [9.17, 15) is 10.2 Å². The van der Waals surface area contributed by atoms with Crippen molar-refractivity contribution < 1.29 is 75.5 Å². The monoisotopic (exact) mass is 498 g/mol. The first-order valence-corrected chi connectivity index (χ1v) is 10.0. The molecule has 0 spiro atoms. The summed E-state index contributed by atoms with van der Waals surface area (Å²) in [4.78, 5) is 0. The second-order valence-electron chi connectivity index (χ2n) is 6.80. The topological polar surface area (TPSA) is 271 Å². The molecule has 0 aromatic rings. The average Bonchev–Trinajstić information content (AvgIpc) is 2.78. The number of rotatable bonds is 20. The molecule has 0 saturated carbocycles. The van der Waals surface area contributed by atoms with Crippen LogP contribution >= 0.6 is 0 Å². The molecule has 0 aromatic carbocycles. The standard InChI is InChI=1S/2C9H20O7.H2O/c2*10-1-7(12)3-15-5-9(14)6-16-4-8(13)2-11;/h2*7-14H,1-6H2;1H2. The summed E-state index contributed by atoms with van der Waals surface area (Å²) in [5, 5.41) is 88.0. The van der Waals surface area contributed by atoms with Crippen LogP contribution in [-0.4, -0.2) is 172 Å². The summed E-state index contributed by atoms with van der Waals surface area (Å²) >= 11 is 0. The zero-order chi connectivity index (χ0) is 24.8. The lowest BCUT2D eigenvalue weighted by Gasteiger charge is -2.14. The third-order valence-electron chi connectivity index (χ3n) is 3.32. The summed E-state index contributed by atoms with van der Waals surface area (Å²) in [6.07, 6.45) is -5.57. The Kier molecular flexibility index (Phi) is 29.1. The van der Waals surface area contributed by atoms with Crippen molar-refractivity contribution in [3.63, 3.8) is 0 Å². The third kappa shape index (κ3) is 27.5. The van der Waals surface area contributed by atoms with Crippen LogP contribution in [0.2, 0.25) is 0 Å². The molecule has 4 unspecified atom stereocenters. The van der Waals surface area contributed by atoms with Crippen LogP contribution in [0.3, 0.4) is 0 Å². The Morgan fingerprint density at radius 2 is 0.485 bits per heavy atom. The molecular formula is C18H42O15. The number of hydrogen-bond donors (Lipinski definition) is 10. The van der Waals surface area contributed by atoms with Crippen LogP contribution in [0.25, 0.3) is 0 Å². The molecule has 33 heavy (non-hydrogen) atoms. The largest absolute Gasteiger partial charge is 0.412 e. The molecule has 0 radical (unpaired) electrons. The fourth-order valence-electron chi connectivity index (χ4n) is 1.67. The zero-order valence-electron chi connectivity index (χ0n) is 18.6. The van der Waals surface area contributed by atoms with Crippen LogP contribution in [0.5, 0.6) is 0 Å². The summed E-state index contributed by atoms with van der Waals surface area (Å²) in [6.45, 7) is -1.97. The molecule has 0 amide bonds. The quantitative estimate of drug-likeness (QED) is 0.0747. The van der Waals surface area contributed by atoms with E-state index in [1.54, 1.807) is 0 Å².